The average Bonchev–Trinajstić information content (AvgIpc) is 2.55. The summed E-state index contributed by atoms with van der Waals surface area (Å²) in [6.07, 6.45) is 0. The van der Waals surface area contributed by atoms with Crippen molar-refractivity contribution in [1.29, 1.82) is 0 Å². The van der Waals surface area contributed by atoms with Crippen LogP contribution in [0.3, 0.4) is 0 Å². The maximum Gasteiger partial charge on any atom is 0.319 e. The number of nitro groups is 1. The van der Waals surface area contributed by atoms with Gasteiger partial charge in [0.1, 0.15) is 5.69 Å². The molecule has 0 radical (unpaired) electrons. The number of urea groups is 1. The van der Waals surface area contributed by atoms with Crippen LogP contribution in [0.2, 0.25) is 0 Å². The van der Waals surface area contributed by atoms with Crippen LogP contribution >= 0.6 is 0 Å². The highest BCUT2D eigenvalue weighted by Crippen LogP contribution is 2.23. The third-order valence-electron chi connectivity index (χ3n) is 3.40. The average molecular weight is 328 g/mol. The van der Waals surface area contributed by atoms with Crippen LogP contribution in [0.15, 0.2) is 54.6 Å². The fourth-order valence-corrected chi connectivity index (χ4v) is 2.34. The lowest BCUT2D eigenvalue weighted by atomic mass is 10.1. The molecule has 2 rings (SSSR count). The molecule has 0 aliphatic rings. The van der Waals surface area contributed by atoms with E-state index in [1.54, 1.807) is 12.1 Å². The van der Waals surface area contributed by atoms with Gasteiger partial charge in [-0.3, -0.25) is 10.1 Å². The van der Waals surface area contributed by atoms with Gasteiger partial charge in [-0.1, -0.05) is 42.5 Å². The molecule has 0 fully saturated rings. The number of para-hydroxylation sites is 2. The van der Waals surface area contributed by atoms with Crippen LogP contribution in [-0.4, -0.2) is 36.5 Å². The summed E-state index contributed by atoms with van der Waals surface area (Å²) in [4.78, 5) is 24.7. The Morgan fingerprint density at radius 3 is 2.38 bits per heavy atom. The molecule has 2 amide bonds. The third kappa shape index (κ3) is 4.79. The van der Waals surface area contributed by atoms with Crippen LogP contribution in [0, 0.1) is 10.1 Å². The molecule has 0 heterocycles. The maximum atomic E-state index is 12.3. The van der Waals surface area contributed by atoms with Crippen LogP contribution < -0.4 is 10.6 Å². The topological polar surface area (TPSA) is 87.5 Å². The van der Waals surface area contributed by atoms with Crippen molar-refractivity contribution in [2.24, 2.45) is 0 Å². The van der Waals surface area contributed by atoms with Crippen LogP contribution in [0.1, 0.15) is 11.6 Å². The van der Waals surface area contributed by atoms with E-state index in [-0.39, 0.29) is 17.4 Å². The number of likely N-dealkylation sites (N-methyl/N-ethyl adjacent to an activating group) is 1. The van der Waals surface area contributed by atoms with E-state index in [1.807, 2.05) is 49.3 Å². The number of anilines is 1. The van der Waals surface area contributed by atoms with Crippen molar-refractivity contribution in [2.45, 2.75) is 6.04 Å². The fourth-order valence-electron chi connectivity index (χ4n) is 2.34. The van der Waals surface area contributed by atoms with E-state index in [2.05, 4.69) is 10.6 Å². The molecule has 0 saturated carbocycles. The quantitative estimate of drug-likeness (QED) is 0.630. The highest BCUT2D eigenvalue weighted by atomic mass is 16.6. The standard InChI is InChI=1S/C17H20N4O3/c1-20(2)12-15(13-8-4-3-5-9-13)19-17(22)18-14-10-6-7-11-16(14)21(23)24/h3-11,15H,12H2,1-2H3,(H2,18,19,22)/t15-/m0/s1. The summed E-state index contributed by atoms with van der Waals surface area (Å²) in [7, 11) is 3.83. The lowest BCUT2D eigenvalue weighted by Crippen LogP contribution is -2.37. The minimum Gasteiger partial charge on any atom is -0.330 e. The Bertz CT molecular complexity index is 704. The molecular formula is C17H20N4O3. The SMILES string of the molecule is CN(C)C[C@H](NC(=O)Nc1ccccc1[N+](=O)[O-])c1ccccc1. The second kappa shape index (κ2) is 8.07. The van der Waals surface area contributed by atoms with Crippen molar-refractivity contribution < 1.29 is 9.72 Å². The summed E-state index contributed by atoms with van der Waals surface area (Å²) in [6, 6.07) is 14.9. The van der Waals surface area contributed by atoms with E-state index in [4.69, 9.17) is 0 Å². The largest absolute Gasteiger partial charge is 0.330 e. The van der Waals surface area contributed by atoms with Crippen LogP contribution in [-0.2, 0) is 0 Å². The minimum absolute atomic E-state index is 0.142. The number of rotatable bonds is 6. The van der Waals surface area contributed by atoms with Gasteiger partial charge in [-0.15, -0.1) is 0 Å². The molecular weight excluding hydrogens is 308 g/mol. The van der Waals surface area contributed by atoms with Crippen LogP contribution in [0.25, 0.3) is 0 Å². The van der Waals surface area contributed by atoms with E-state index in [0.717, 1.165) is 5.56 Å². The first-order valence-electron chi connectivity index (χ1n) is 7.48. The number of amides is 2. The van der Waals surface area contributed by atoms with Crippen molar-refractivity contribution in [3.63, 3.8) is 0 Å². The van der Waals surface area contributed by atoms with Gasteiger partial charge >= 0.3 is 6.03 Å². The van der Waals surface area contributed by atoms with Gasteiger partial charge in [0, 0.05) is 12.6 Å². The first-order chi connectivity index (χ1) is 11.5. The molecule has 0 aromatic heterocycles. The van der Waals surface area contributed by atoms with Crippen LogP contribution in [0.4, 0.5) is 16.2 Å². The molecule has 0 bridgehead atoms. The summed E-state index contributed by atoms with van der Waals surface area (Å²) in [5.41, 5.74) is 0.983. The zero-order valence-electron chi connectivity index (χ0n) is 13.6. The molecule has 7 heteroatoms. The predicted molar refractivity (Wildman–Crippen MR) is 93.0 cm³/mol. The third-order valence-corrected chi connectivity index (χ3v) is 3.40. The summed E-state index contributed by atoms with van der Waals surface area (Å²) in [6.45, 7) is 0.605. The number of nitrogens with one attached hydrogen (secondary N) is 2. The summed E-state index contributed by atoms with van der Waals surface area (Å²) in [5.74, 6) is 0. The van der Waals surface area contributed by atoms with E-state index < -0.39 is 11.0 Å². The highest BCUT2D eigenvalue weighted by Gasteiger charge is 2.18. The highest BCUT2D eigenvalue weighted by molar-refractivity contribution is 5.92. The van der Waals surface area contributed by atoms with Gasteiger partial charge in [-0.25, -0.2) is 4.79 Å². The van der Waals surface area contributed by atoms with Crippen molar-refractivity contribution in [3.05, 3.63) is 70.3 Å². The number of hydrogen-bond donors (Lipinski definition) is 2. The number of benzene rings is 2. The molecule has 0 aliphatic heterocycles. The molecule has 0 aliphatic carbocycles. The van der Waals surface area contributed by atoms with E-state index in [9.17, 15) is 14.9 Å². The lowest BCUT2D eigenvalue weighted by Gasteiger charge is -2.23. The van der Waals surface area contributed by atoms with Gasteiger partial charge < -0.3 is 15.5 Å². The van der Waals surface area contributed by atoms with Gasteiger partial charge in [0.15, 0.2) is 0 Å². The second-order valence-corrected chi connectivity index (χ2v) is 5.60. The number of nitrogens with zero attached hydrogens (tertiary/aromatic N) is 2. The Morgan fingerprint density at radius 1 is 1.12 bits per heavy atom. The fraction of sp³-hybridized carbons (Fsp3) is 0.235. The Balaban J connectivity index is 2.12. The van der Waals surface area contributed by atoms with Crippen LogP contribution in [0.5, 0.6) is 0 Å². The number of carbonyl (C=O) groups excluding carboxylic acids is 1. The molecule has 2 aromatic rings. The van der Waals surface area contributed by atoms with E-state index in [0.29, 0.717) is 6.54 Å². The molecule has 24 heavy (non-hydrogen) atoms. The molecule has 0 saturated heterocycles. The summed E-state index contributed by atoms with van der Waals surface area (Å²) < 4.78 is 0. The minimum atomic E-state index is -0.524. The number of carbonyl (C=O) groups is 1. The summed E-state index contributed by atoms with van der Waals surface area (Å²) >= 11 is 0. The summed E-state index contributed by atoms with van der Waals surface area (Å²) in [5, 5.41) is 16.4. The van der Waals surface area contributed by atoms with Gasteiger partial charge in [0.05, 0.1) is 11.0 Å². The zero-order chi connectivity index (χ0) is 17.5. The molecule has 126 valence electrons. The van der Waals surface area contributed by atoms with E-state index in [1.165, 1.54) is 12.1 Å². The predicted octanol–water partition coefficient (Wildman–Crippen LogP) is 3.02. The van der Waals surface area contributed by atoms with Gasteiger partial charge in [-0.2, -0.15) is 0 Å². The molecule has 0 spiro atoms. The molecule has 2 aromatic carbocycles. The monoisotopic (exact) mass is 328 g/mol. The number of nitro benzene ring substituents is 1. The van der Waals surface area contributed by atoms with Crippen molar-refractivity contribution >= 4 is 17.4 Å². The Morgan fingerprint density at radius 2 is 1.75 bits per heavy atom. The van der Waals surface area contributed by atoms with Crippen molar-refractivity contribution in [2.75, 3.05) is 26.0 Å². The van der Waals surface area contributed by atoms with Crippen molar-refractivity contribution in [3.8, 4) is 0 Å². The zero-order valence-corrected chi connectivity index (χ0v) is 13.6. The first-order valence-corrected chi connectivity index (χ1v) is 7.48. The smallest absolute Gasteiger partial charge is 0.319 e. The maximum absolute atomic E-state index is 12.3. The van der Waals surface area contributed by atoms with E-state index >= 15 is 0 Å². The van der Waals surface area contributed by atoms with Crippen molar-refractivity contribution in [1.82, 2.24) is 10.2 Å². The molecule has 0 unspecified atom stereocenters. The van der Waals surface area contributed by atoms with Gasteiger partial charge in [0.25, 0.3) is 5.69 Å². The first kappa shape index (κ1) is 17.4. The Hall–Kier alpha value is -2.93. The number of hydrogen-bond acceptors (Lipinski definition) is 4. The molecule has 7 nitrogen and oxygen atoms in total. The Kier molecular flexibility index (Phi) is 5.86. The molecule has 1 atom stereocenters. The molecule has 2 N–H and O–H groups in total. The lowest BCUT2D eigenvalue weighted by molar-refractivity contribution is -0.383. The normalized spacial score (nSPS) is 11.8. The van der Waals surface area contributed by atoms with Gasteiger partial charge in [0.2, 0.25) is 0 Å². The second-order valence-electron chi connectivity index (χ2n) is 5.60. The van der Waals surface area contributed by atoms with Gasteiger partial charge in [-0.05, 0) is 25.7 Å². The Labute approximate surface area is 140 Å².